The van der Waals surface area contributed by atoms with Crippen LogP contribution < -0.4 is 4.74 Å². The Morgan fingerprint density at radius 3 is 2.52 bits per heavy atom. The Morgan fingerprint density at radius 1 is 1.03 bits per heavy atom. The first-order chi connectivity index (χ1) is 16.1. The summed E-state index contributed by atoms with van der Waals surface area (Å²) in [6.07, 6.45) is 6.68. The molecule has 0 spiro atoms. The van der Waals surface area contributed by atoms with Crippen LogP contribution in [0.2, 0.25) is 0 Å². The van der Waals surface area contributed by atoms with Gasteiger partial charge in [0, 0.05) is 25.5 Å². The third kappa shape index (κ3) is 5.94. The fourth-order valence-corrected chi connectivity index (χ4v) is 3.98. The summed E-state index contributed by atoms with van der Waals surface area (Å²) in [6.45, 7) is 2.94. The van der Waals surface area contributed by atoms with E-state index >= 15 is 0 Å². The summed E-state index contributed by atoms with van der Waals surface area (Å²) in [4.78, 5) is 35.6. The minimum atomic E-state index is -0.894. The number of aromatic nitrogens is 2. The van der Waals surface area contributed by atoms with E-state index in [2.05, 4.69) is 34.2 Å². The molecule has 3 aromatic rings. The van der Waals surface area contributed by atoms with Crippen molar-refractivity contribution in [2.45, 2.75) is 32.3 Å². The first-order valence-corrected chi connectivity index (χ1v) is 11.2. The van der Waals surface area contributed by atoms with Crippen molar-refractivity contribution >= 4 is 11.9 Å². The first-order valence-electron chi connectivity index (χ1n) is 11.2. The highest BCUT2D eigenvalue weighted by molar-refractivity contribution is 5.94. The van der Waals surface area contributed by atoms with Crippen LogP contribution in [0.1, 0.15) is 35.7 Å². The molecular weight excluding hydrogens is 418 g/mol. The molecule has 0 bridgehead atoms. The summed E-state index contributed by atoms with van der Waals surface area (Å²) >= 11 is 0. The number of likely N-dealkylation sites (tertiary alicyclic amines) is 1. The van der Waals surface area contributed by atoms with E-state index in [0.717, 1.165) is 19.3 Å². The molecule has 0 N–H and O–H groups in total. The third-order valence-corrected chi connectivity index (χ3v) is 5.76. The monoisotopic (exact) mass is 445 g/mol. The van der Waals surface area contributed by atoms with Gasteiger partial charge in [-0.05, 0) is 61.9 Å². The number of esters is 1. The molecule has 1 saturated heterocycles. The van der Waals surface area contributed by atoms with Gasteiger partial charge in [-0.2, -0.15) is 0 Å². The average Bonchev–Trinajstić information content (AvgIpc) is 2.85. The third-order valence-electron chi connectivity index (χ3n) is 5.76. The zero-order valence-electron chi connectivity index (χ0n) is 18.6. The van der Waals surface area contributed by atoms with Gasteiger partial charge in [-0.25, -0.2) is 9.78 Å². The van der Waals surface area contributed by atoms with Gasteiger partial charge in [-0.1, -0.05) is 30.3 Å². The Labute approximate surface area is 193 Å². The van der Waals surface area contributed by atoms with Crippen LogP contribution in [0, 0.1) is 5.92 Å². The van der Waals surface area contributed by atoms with Crippen molar-refractivity contribution in [3.8, 4) is 11.6 Å². The number of amides is 1. The highest BCUT2D eigenvalue weighted by Crippen LogP contribution is 2.25. The molecule has 7 heteroatoms. The van der Waals surface area contributed by atoms with Crippen LogP contribution in [-0.2, 0) is 16.0 Å². The first kappa shape index (κ1) is 22.5. The van der Waals surface area contributed by atoms with Crippen LogP contribution in [0.25, 0.3) is 0 Å². The van der Waals surface area contributed by atoms with Crippen molar-refractivity contribution in [3.05, 3.63) is 84.3 Å². The molecule has 3 heterocycles. The van der Waals surface area contributed by atoms with E-state index in [1.165, 1.54) is 18.0 Å². The van der Waals surface area contributed by atoms with Gasteiger partial charge in [-0.3, -0.25) is 9.78 Å². The summed E-state index contributed by atoms with van der Waals surface area (Å²) in [5, 5.41) is 0. The van der Waals surface area contributed by atoms with Gasteiger partial charge in [0.1, 0.15) is 11.3 Å². The van der Waals surface area contributed by atoms with E-state index in [1.807, 2.05) is 6.07 Å². The molecule has 33 heavy (non-hydrogen) atoms. The Hall–Kier alpha value is -3.74. The lowest BCUT2D eigenvalue weighted by Crippen LogP contribution is -2.44. The van der Waals surface area contributed by atoms with Crippen molar-refractivity contribution in [3.63, 3.8) is 0 Å². The van der Waals surface area contributed by atoms with Crippen molar-refractivity contribution < 1.29 is 19.1 Å². The molecule has 1 aromatic carbocycles. The maximum atomic E-state index is 12.9. The van der Waals surface area contributed by atoms with E-state index in [9.17, 15) is 9.59 Å². The topological polar surface area (TPSA) is 81.6 Å². The molecule has 1 amide bonds. The smallest absolute Gasteiger partial charge is 0.344 e. The highest BCUT2D eigenvalue weighted by Gasteiger charge is 2.29. The molecule has 7 nitrogen and oxygen atoms in total. The lowest BCUT2D eigenvalue weighted by Gasteiger charge is -2.33. The second-order valence-electron chi connectivity index (χ2n) is 8.15. The molecule has 2 aromatic heterocycles. The van der Waals surface area contributed by atoms with E-state index in [1.54, 1.807) is 42.3 Å². The molecular formula is C26H27N3O4. The maximum absolute atomic E-state index is 12.9. The van der Waals surface area contributed by atoms with Crippen LogP contribution in [0.5, 0.6) is 11.6 Å². The number of hydrogen-bond acceptors (Lipinski definition) is 6. The highest BCUT2D eigenvalue weighted by atomic mass is 16.6. The number of nitrogens with zero attached hydrogens (tertiary/aromatic N) is 3. The van der Waals surface area contributed by atoms with Gasteiger partial charge in [0.25, 0.3) is 5.91 Å². The van der Waals surface area contributed by atoms with Crippen molar-refractivity contribution in [2.24, 2.45) is 5.92 Å². The Bertz CT molecular complexity index is 1070. The minimum Gasteiger partial charge on any atom is -0.449 e. The molecule has 1 aliphatic rings. The number of benzene rings is 1. The minimum absolute atomic E-state index is 0.108. The molecule has 1 atom stereocenters. The second-order valence-corrected chi connectivity index (χ2v) is 8.15. The predicted octanol–water partition coefficient (Wildman–Crippen LogP) is 4.30. The average molecular weight is 446 g/mol. The Kier molecular flexibility index (Phi) is 7.29. The maximum Gasteiger partial charge on any atom is 0.344 e. The molecule has 1 fully saturated rings. The van der Waals surface area contributed by atoms with Crippen LogP contribution in [0.15, 0.2) is 73.2 Å². The fraction of sp³-hybridized carbons (Fsp3) is 0.308. The standard InChI is InChI=1S/C26H27N3O4/c1-19(25(30)29-15-11-21(12-16-29)17-20-7-3-2-4-8-20)32-26(31)23-10-6-14-28-24(23)33-22-9-5-13-27-18-22/h2-10,13-14,18-19,21H,11-12,15-17H2,1H3. The SMILES string of the molecule is CC(OC(=O)c1cccnc1Oc1cccnc1)C(=O)N1CCC(Cc2ccccc2)CC1. The number of hydrogen-bond donors (Lipinski definition) is 0. The van der Waals surface area contributed by atoms with Gasteiger partial charge in [0.15, 0.2) is 6.10 Å². The van der Waals surface area contributed by atoms with Crippen LogP contribution in [0.3, 0.4) is 0 Å². The number of rotatable bonds is 7. The Balaban J connectivity index is 1.32. The largest absolute Gasteiger partial charge is 0.449 e. The van der Waals surface area contributed by atoms with Crippen LogP contribution >= 0.6 is 0 Å². The van der Waals surface area contributed by atoms with Gasteiger partial charge in [-0.15, -0.1) is 0 Å². The van der Waals surface area contributed by atoms with E-state index in [-0.39, 0.29) is 17.4 Å². The Morgan fingerprint density at radius 2 is 1.79 bits per heavy atom. The predicted molar refractivity (Wildman–Crippen MR) is 123 cm³/mol. The summed E-state index contributed by atoms with van der Waals surface area (Å²) in [7, 11) is 0. The molecule has 0 aliphatic carbocycles. The van der Waals surface area contributed by atoms with Crippen LogP contribution in [-0.4, -0.2) is 45.9 Å². The summed E-state index contributed by atoms with van der Waals surface area (Å²) in [5.41, 5.74) is 1.48. The quantitative estimate of drug-likeness (QED) is 0.505. The van der Waals surface area contributed by atoms with Gasteiger partial charge in [0.05, 0.1) is 6.20 Å². The zero-order chi connectivity index (χ0) is 23.0. The van der Waals surface area contributed by atoms with Gasteiger partial charge >= 0.3 is 5.97 Å². The van der Waals surface area contributed by atoms with Crippen LogP contribution in [0.4, 0.5) is 0 Å². The lowest BCUT2D eigenvalue weighted by atomic mass is 9.90. The van der Waals surface area contributed by atoms with E-state index in [0.29, 0.717) is 24.8 Å². The molecule has 0 saturated carbocycles. The molecule has 4 rings (SSSR count). The number of piperidine rings is 1. The summed E-state index contributed by atoms with van der Waals surface area (Å²) < 4.78 is 11.2. The molecule has 0 radical (unpaired) electrons. The fourth-order valence-electron chi connectivity index (χ4n) is 3.98. The van der Waals surface area contributed by atoms with E-state index < -0.39 is 12.1 Å². The van der Waals surface area contributed by atoms with Gasteiger partial charge in [0.2, 0.25) is 5.88 Å². The second kappa shape index (κ2) is 10.7. The summed E-state index contributed by atoms with van der Waals surface area (Å²) in [6, 6.07) is 17.0. The van der Waals surface area contributed by atoms with Crippen molar-refractivity contribution in [1.29, 1.82) is 0 Å². The summed E-state index contributed by atoms with van der Waals surface area (Å²) in [5.74, 6) is 0.281. The van der Waals surface area contributed by atoms with Crippen molar-refractivity contribution in [1.82, 2.24) is 14.9 Å². The number of carbonyl (C=O) groups is 2. The van der Waals surface area contributed by atoms with Gasteiger partial charge < -0.3 is 14.4 Å². The molecule has 170 valence electrons. The molecule has 1 unspecified atom stereocenters. The molecule has 1 aliphatic heterocycles. The number of carbonyl (C=O) groups excluding carboxylic acids is 2. The van der Waals surface area contributed by atoms with Crippen molar-refractivity contribution in [2.75, 3.05) is 13.1 Å². The normalized spacial score (nSPS) is 15.0. The number of pyridine rings is 2. The number of ether oxygens (including phenoxy) is 2. The zero-order valence-corrected chi connectivity index (χ0v) is 18.6. The lowest BCUT2D eigenvalue weighted by molar-refractivity contribution is -0.141. The van der Waals surface area contributed by atoms with E-state index in [4.69, 9.17) is 9.47 Å².